The zero-order valence-electron chi connectivity index (χ0n) is 11.5. The molecule has 0 saturated heterocycles. The van der Waals surface area contributed by atoms with Gasteiger partial charge in [0.15, 0.2) is 11.5 Å². The molecule has 3 nitrogen and oxygen atoms in total. The lowest BCUT2D eigenvalue weighted by molar-refractivity contribution is -0.0413. The van der Waals surface area contributed by atoms with Gasteiger partial charge in [-0.2, -0.15) is 0 Å². The molecule has 1 aromatic carbocycles. The van der Waals surface area contributed by atoms with Crippen LogP contribution in [0.2, 0.25) is 0 Å². The lowest BCUT2D eigenvalue weighted by Crippen LogP contribution is -2.60. The third-order valence-corrected chi connectivity index (χ3v) is 3.83. The van der Waals surface area contributed by atoms with Crippen LogP contribution in [0.3, 0.4) is 0 Å². The van der Waals surface area contributed by atoms with Crippen LogP contribution >= 0.6 is 0 Å². The van der Waals surface area contributed by atoms with E-state index >= 15 is 0 Å². The van der Waals surface area contributed by atoms with E-state index in [1.54, 1.807) is 0 Å². The first kappa shape index (κ1) is 13.2. The van der Waals surface area contributed by atoms with Gasteiger partial charge in [0.2, 0.25) is 0 Å². The Balaban J connectivity index is 2.05. The average molecular weight is 249 g/mol. The highest BCUT2D eigenvalue weighted by molar-refractivity contribution is 5.40. The normalized spacial score (nSPS) is 25.3. The van der Waals surface area contributed by atoms with Crippen LogP contribution in [0.5, 0.6) is 11.5 Å². The second kappa shape index (κ2) is 5.19. The number of ether oxygens (including phenoxy) is 2. The number of para-hydroxylation sites is 2. The van der Waals surface area contributed by atoms with Gasteiger partial charge in [0, 0.05) is 17.9 Å². The van der Waals surface area contributed by atoms with E-state index in [0.29, 0.717) is 6.61 Å². The van der Waals surface area contributed by atoms with Crippen molar-refractivity contribution < 1.29 is 9.47 Å². The highest BCUT2D eigenvalue weighted by atomic mass is 16.5. The molecule has 18 heavy (non-hydrogen) atoms. The Hall–Kier alpha value is -1.22. The van der Waals surface area contributed by atoms with E-state index in [-0.39, 0.29) is 17.6 Å². The summed E-state index contributed by atoms with van der Waals surface area (Å²) < 4.78 is 11.8. The standard InChI is InChI=1S/C15H23NO2/c1-4-9-17-11-7-5-6-8-12(11)18-14-10-13(16)15(14,2)3/h5-8,13-14H,4,9-10,16H2,1-3H3. The molecule has 2 N–H and O–H groups in total. The van der Waals surface area contributed by atoms with Crippen molar-refractivity contribution in [1.29, 1.82) is 0 Å². The molecule has 0 bridgehead atoms. The molecule has 2 atom stereocenters. The average Bonchev–Trinajstić information content (AvgIpc) is 2.37. The van der Waals surface area contributed by atoms with Gasteiger partial charge < -0.3 is 15.2 Å². The van der Waals surface area contributed by atoms with Crippen LogP contribution in [0, 0.1) is 5.41 Å². The van der Waals surface area contributed by atoms with Crippen molar-refractivity contribution in [2.24, 2.45) is 11.1 Å². The van der Waals surface area contributed by atoms with Crippen LogP contribution in [-0.2, 0) is 0 Å². The van der Waals surface area contributed by atoms with E-state index in [4.69, 9.17) is 15.2 Å². The smallest absolute Gasteiger partial charge is 0.161 e. The fourth-order valence-corrected chi connectivity index (χ4v) is 2.15. The monoisotopic (exact) mass is 249 g/mol. The molecule has 1 fully saturated rings. The van der Waals surface area contributed by atoms with Crippen molar-refractivity contribution in [1.82, 2.24) is 0 Å². The van der Waals surface area contributed by atoms with Crippen LogP contribution < -0.4 is 15.2 Å². The summed E-state index contributed by atoms with van der Waals surface area (Å²) in [7, 11) is 0. The maximum absolute atomic E-state index is 6.06. The molecule has 1 aliphatic rings. The van der Waals surface area contributed by atoms with Crippen LogP contribution in [0.15, 0.2) is 24.3 Å². The summed E-state index contributed by atoms with van der Waals surface area (Å²) in [5, 5.41) is 0. The minimum absolute atomic E-state index is 0.0396. The van der Waals surface area contributed by atoms with Gasteiger partial charge in [-0.1, -0.05) is 32.9 Å². The summed E-state index contributed by atoms with van der Waals surface area (Å²) >= 11 is 0. The predicted octanol–water partition coefficient (Wildman–Crippen LogP) is 2.98. The van der Waals surface area contributed by atoms with Crippen molar-refractivity contribution in [3.63, 3.8) is 0 Å². The van der Waals surface area contributed by atoms with Gasteiger partial charge in [0.05, 0.1) is 6.61 Å². The number of nitrogens with two attached hydrogens (primary N) is 1. The molecule has 3 heteroatoms. The lowest BCUT2D eigenvalue weighted by atomic mass is 9.65. The molecular formula is C15H23NO2. The summed E-state index contributed by atoms with van der Waals surface area (Å²) in [5.74, 6) is 1.66. The molecule has 0 radical (unpaired) electrons. The first-order valence-electron chi connectivity index (χ1n) is 6.69. The maximum Gasteiger partial charge on any atom is 0.161 e. The molecular weight excluding hydrogens is 226 g/mol. The molecule has 0 aliphatic heterocycles. The Bertz CT molecular complexity index is 403. The summed E-state index contributed by atoms with van der Waals surface area (Å²) in [5.41, 5.74) is 6.05. The van der Waals surface area contributed by atoms with E-state index in [1.807, 2.05) is 24.3 Å². The topological polar surface area (TPSA) is 44.5 Å². The summed E-state index contributed by atoms with van der Waals surface area (Å²) in [6.07, 6.45) is 2.09. The SMILES string of the molecule is CCCOc1ccccc1OC1CC(N)C1(C)C. The lowest BCUT2D eigenvalue weighted by Gasteiger charge is -2.49. The molecule has 100 valence electrons. The fraction of sp³-hybridized carbons (Fsp3) is 0.600. The number of hydrogen-bond acceptors (Lipinski definition) is 3. The van der Waals surface area contributed by atoms with Gasteiger partial charge in [-0.3, -0.25) is 0 Å². The van der Waals surface area contributed by atoms with Crippen molar-refractivity contribution >= 4 is 0 Å². The van der Waals surface area contributed by atoms with Crippen LogP contribution in [0.1, 0.15) is 33.6 Å². The van der Waals surface area contributed by atoms with Gasteiger partial charge in [-0.25, -0.2) is 0 Å². The van der Waals surface area contributed by atoms with E-state index in [1.165, 1.54) is 0 Å². The van der Waals surface area contributed by atoms with Crippen molar-refractivity contribution in [2.45, 2.75) is 45.8 Å². The minimum atomic E-state index is 0.0396. The largest absolute Gasteiger partial charge is 0.490 e. The number of hydrogen-bond donors (Lipinski definition) is 1. The van der Waals surface area contributed by atoms with Crippen LogP contribution in [-0.4, -0.2) is 18.8 Å². The number of rotatable bonds is 5. The van der Waals surface area contributed by atoms with Gasteiger partial charge in [-0.15, -0.1) is 0 Å². The van der Waals surface area contributed by atoms with Gasteiger partial charge >= 0.3 is 0 Å². The van der Waals surface area contributed by atoms with Gasteiger partial charge in [0.1, 0.15) is 6.10 Å². The van der Waals surface area contributed by atoms with Crippen molar-refractivity contribution in [2.75, 3.05) is 6.61 Å². The fourth-order valence-electron chi connectivity index (χ4n) is 2.15. The van der Waals surface area contributed by atoms with Gasteiger partial charge in [-0.05, 0) is 18.6 Å². The zero-order chi connectivity index (χ0) is 13.2. The molecule has 2 rings (SSSR count). The highest BCUT2D eigenvalue weighted by Crippen LogP contribution is 2.43. The molecule has 0 spiro atoms. The summed E-state index contributed by atoms with van der Waals surface area (Å²) in [6.45, 7) is 7.12. The quantitative estimate of drug-likeness (QED) is 0.872. The second-order valence-corrected chi connectivity index (χ2v) is 5.57. The van der Waals surface area contributed by atoms with E-state index in [0.717, 1.165) is 24.3 Å². The van der Waals surface area contributed by atoms with E-state index in [9.17, 15) is 0 Å². The van der Waals surface area contributed by atoms with E-state index < -0.39 is 0 Å². The Morgan fingerprint density at radius 3 is 2.50 bits per heavy atom. The molecule has 0 aromatic heterocycles. The number of benzene rings is 1. The van der Waals surface area contributed by atoms with Gasteiger partial charge in [0.25, 0.3) is 0 Å². The van der Waals surface area contributed by atoms with Crippen molar-refractivity contribution in [3.05, 3.63) is 24.3 Å². The second-order valence-electron chi connectivity index (χ2n) is 5.57. The molecule has 1 saturated carbocycles. The zero-order valence-corrected chi connectivity index (χ0v) is 11.5. The van der Waals surface area contributed by atoms with Crippen LogP contribution in [0.25, 0.3) is 0 Å². The Morgan fingerprint density at radius 1 is 1.28 bits per heavy atom. The molecule has 1 aromatic rings. The first-order chi connectivity index (χ1) is 8.55. The molecule has 1 aliphatic carbocycles. The molecule has 0 heterocycles. The third-order valence-electron chi connectivity index (χ3n) is 3.83. The third kappa shape index (κ3) is 2.46. The molecule has 2 unspecified atom stereocenters. The maximum atomic E-state index is 6.06. The van der Waals surface area contributed by atoms with E-state index in [2.05, 4.69) is 20.8 Å². The van der Waals surface area contributed by atoms with Crippen LogP contribution in [0.4, 0.5) is 0 Å². The summed E-state index contributed by atoms with van der Waals surface area (Å²) in [6, 6.07) is 8.09. The Morgan fingerprint density at radius 2 is 1.94 bits per heavy atom. The molecule has 0 amide bonds. The Kier molecular flexibility index (Phi) is 3.81. The Labute approximate surface area is 109 Å². The highest BCUT2D eigenvalue weighted by Gasteiger charge is 2.48. The minimum Gasteiger partial charge on any atom is -0.490 e. The first-order valence-corrected chi connectivity index (χ1v) is 6.69. The summed E-state index contributed by atoms with van der Waals surface area (Å²) in [4.78, 5) is 0. The predicted molar refractivity (Wildman–Crippen MR) is 73.0 cm³/mol. The van der Waals surface area contributed by atoms with Crippen molar-refractivity contribution in [3.8, 4) is 11.5 Å².